The van der Waals surface area contributed by atoms with Gasteiger partial charge in [0.15, 0.2) is 5.17 Å². The maximum absolute atomic E-state index is 12.4. The van der Waals surface area contributed by atoms with Gasteiger partial charge in [-0.05, 0) is 66.4 Å². The zero-order valence-electron chi connectivity index (χ0n) is 15.7. The van der Waals surface area contributed by atoms with Crippen molar-refractivity contribution in [3.63, 3.8) is 0 Å². The van der Waals surface area contributed by atoms with Crippen LogP contribution in [0.2, 0.25) is 0 Å². The number of rotatable bonds is 4. The van der Waals surface area contributed by atoms with Gasteiger partial charge in [0.1, 0.15) is 0 Å². The maximum Gasteiger partial charge on any atom is 0.264 e. The van der Waals surface area contributed by atoms with Crippen LogP contribution in [0.1, 0.15) is 5.69 Å². The summed E-state index contributed by atoms with van der Waals surface area (Å²) < 4.78 is 2.06. The van der Waals surface area contributed by atoms with Crippen molar-refractivity contribution in [2.45, 2.75) is 0 Å². The molecular weight excluding hydrogens is 368 g/mol. The number of thioether (sulfide) groups is 1. The van der Waals surface area contributed by atoms with Crippen molar-refractivity contribution in [3.05, 3.63) is 83.5 Å². The van der Waals surface area contributed by atoms with Crippen molar-refractivity contribution in [3.8, 4) is 5.69 Å². The molecule has 1 aromatic heterocycles. The lowest BCUT2D eigenvalue weighted by molar-refractivity contribution is -0.115. The van der Waals surface area contributed by atoms with Gasteiger partial charge in [-0.3, -0.25) is 4.79 Å². The van der Waals surface area contributed by atoms with E-state index in [0.29, 0.717) is 10.1 Å². The fourth-order valence-electron chi connectivity index (χ4n) is 2.89. The normalized spacial score (nSPS) is 16.6. The summed E-state index contributed by atoms with van der Waals surface area (Å²) in [6.45, 7) is 0. The molecule has 0 bridgehead atoms. The number of amidine groups is 1. The Morgan fingerprint density at radius 2 is 1.75 bits per heavy atom. The van der Waals surface area contributed by atoms with Gasteiger partial charge in [0.2, 0.25) is 0 Å². The zero-order chi connectivity index (χ0) is 19.5. The first-order chi connectivity index (χ1) is 13.6. The van der Waals surface area contributed by atoms with Crippen LogP contribution in [0.4, 0.5) is 11.4 Å². The molecule has 4 rings (SSSR count). The van der Waals surface area contributed by atoms with Crippen molar-refractivity contribution in [1.82, 2.24) is 9.88 Å². The molecule has 1 N–H and O–H groups in total. The number of aromatic nitrogens is 1. The quantitative estimate of drug-likeness (QED) is 0.673. The number of benzene rings is 2. The average molecular weight is 388 g/mol. The molecule has 1 aliphatic heterocycles. The summed E-state index contributed by atoms with van der Waals surface area (Å²) in [4.78, 5) is 19.6. The number of aliphatic imine (C=N–C) groups is 1. The van der Waals surface area contributed by atoms with Crippen LogP contribution in [0.15, 0.2) is 82.8 Å². The third kappa shape index (κ3) is 3.87. The number of hydrogen-bond acceptors (Lipinski definition) is 4. The molecule has 28 heavy (non-hydrogen) atoms. The van der Waals surface area contributed by atoms with Crippen LogP contribution in [0.25, 0.3) is 11.8 Å². The molecule has 2 heterocycles. The van der Waals surface area contributed by atoms with Crippen molar-refractivity contribution in [2.24, 2.45) is 4.99 Å². The molecule has 1 saturated heterocycles. The van der Waals surface area contributed by atoms with E-state index < -0.39 is 0 Å². The van der Waals surface area contributed by atoms with Gasteiger partial charge < -0.3 is 14.8 Å². The largest absolute Gasteiger partial charge is 0.378 e. The van der Waals surface area contributed by atoms with Gasteiger partial charge in [-0.2, -0.15) is 0 Å². The fraction of sp³-hybridized carbons (Fsp3) is 0.0909. The Hall–Kier alpha value is -3.25. The first-order valence-electron chi connectivity index (χ1n) is 8.90. The second kappa shape index (κ2) is 7.78. The molecule has 1 amide bonds. The first-order valence-corrected chi connectivity index (χ1v) is 9.71. The van der Waals surface area contributed by atoms with E-state index in [1.807, 2.05) is 68.8 Å². The van der Waals surface area contributed by atoms with E-state index in [0.717, 1.165) is 22.8 Å². The van der Waals surface area contributed by atoms with Gasteiger partial charge in [-0.1, -0.05) is 18.2 Å². The summed E-state index contributed by atoms with van der Waals surface area (Å²) in [5.74, 6) is -0.129. The van der Waals surface area contributed by atoms with Crippen molar-refractivity contribution < 1.29 is 4.79 Å². The Labute approximate surface area is 168 Å². The summed E-state index contributed by atoms with van der Waals surface area (Å²) in [5.41, 5.74) is 3.94. The van der Waals surface area contributed by atoms with Crippen LogP contribution in [0.3, 0.4) is 0 Å². The molecule has 2 aromatic carbocycles. The minimum Gasteiger partial charge on any atom is -0.378 e. The summed E-state index contributed by atoms with van der Waals surface area (Å²) in [6, 6.07) is 21.9. The van der Waals surface area contributed by atoms with Crippen molar-refractivity contribution >= 4 is 40.3 Å². The lowest BCUT2D eigenvalue weighted by Gasteiger charge is -2.13. The predicted octanol–water partition coefficient (Wildman–Crippen LogP) is 4.43. The van der Waals surface area contributed by atoms with E-state index in [4.69, 9.17) is 0 Å². The molecule has 0 unspecified atom stereocenters. The van der Waals surface area contributed by atoms with Gasteiger partial charge in [0.25, 0.3) is 5.91 Å². The van der Waals surface area contributed by atoms with Crippen LogP contribution in [-0.4, -0.2) is 29.7 Å². The minimum atomic E-state index is -0.129. The highest BCUT2D eigenvalue weighted by molar-refractivity contribution is 8.18. The molecule has 3 aromatic rings. The Kier molecular flexibility index (Phi) is 5.04. The Morgan fingerprint density at radius 1 is 1.00 bits per heavy atom. The fourth-order valence-corrected chi connectivity index (χ4v) is 3.72. The second-order valence-electron chi connectivity index (χ2n) is 6.53. The van der Waals surface area contributed by atoms with E-state index in [2.05, 4.69) is 44.0 Å². The number of carbonyl (C=O) groups is 1. The first kappa shape index (κ1) is 18.1. The van der Waals surface area contributed by atoms with E-state index in [-0.39, 0.29) is 5.91 Å². The van der Waals surface area contributed by atoms with Gasteiger partial charge in [0, 0.05) is 37.4 Å². The molecule has 0 radical (unpaired) electrons. The molecular formula is C22H20N4OS. The number of anilines is 1. The Balaban J connectivity index is 1.59. The standard InChI is InChI=1S/C22H20N4OS/c1-25(2)17-10-12-18(13-11-17)26-14-6-9-19(26)15-20-21(27)24-22(28-20)23-16-7-4-3-5-8-16/h3-15H,1-2H3,(H,23,24,27)/b20-15-. The van der Waals surface area contributed by atoms with Gasteiger partial charge in [-0.15, -0.1) is 0 Å². The zero-order valence-corrected chi connectivity index (χ0v) is 16.5. The SMILES string of the molecule is CN(C)c1ccc(-n2cccc2/C=C2\SC(=Nc3ccccc3)NC2=O)cc1. The molecule has 1 fully saturated rings. The van der Waals surface area contributed by atoms with Gasteiger partial charge in [-0.25, -0.2) is 4.99 Å². The molecule has 0 spiro atoms. The number of hydrogen-bond donors (Lipinski definition) is 1. The summed E-state index contributed by atoms with van der Waals surface area (Å²) in [7, 11) is 4.04. The van der Waals surface area contributed by atoms with E-state index in [1.54, 1.807) is 0 Å². The third-order valence-corrected chi connectivity index (χ3v) is 5.25. The smallest absolute Gasteiger partial charge is 0.264 e. The summed E-state index contributed by atoms with van der Waals surface area (Å²) >= 11 is 1.35. The number of amides is 1. The molecule has 0 saturated carbocycles. The van der Waals surface area contributed by atoms with Gasteiger partial charge in [0.05, 0.1) is 10.6 Å². The average Bonchev–Trinajstić information content (AvgIpc) is 3.29. The van der Waals surface area contributed by atoms with Gasteiger partial charge >= 0.3 is 0 Å². The Bertz CT molecular complexity index is 1050. The van der Waals surface area contributed by atoms with Crippen LogP contribution in [0, 0.1) is 0 Å². The predicted molar refractivity (Wildman–Crippen MR) is 117 cm³/mol. The van der Waals surface area contributed by atoms with Crippen LogP contribution in [-0.2, 0) is 4.79 Å². The highest BCUT2D eigenvalue weighted by Crippen LogP contribution is 2.29. The summed E-state index contributed by atoms with van der Waals surface area (Å²) in [5, 5.41) is 3.43. The second-order valence-corrected chi connectivity index (χ2v) is 7.56. The van der Waals surface area contributed by atoms with Crippen LogP contribution >= 0.6 is 11.8 Å². The lowest BCUT2D eigenvalue weighted by Crippen LogP contribution is -2.19. The number of nitrogens with one attached hydrogen (secondary N) is 1. The topological polar surface area (TPSA) is 49.6 Å². The highest BCUT2D eigenvalue weighted by Gasteiger charge is 2.24. The third-order valence-electron chi connectivity index (χ3n) is 4.34. The van der Waals surface area contributed by atoms with E-state index >= 15 is 0 Å². The van der Waals surface area contributed by atoms with E-state index in [9.17, 15) is 4.79 Å². The Morgan fingerprint density at radius 3 is 2.46 bits per heavy atom. The van der Waals surface area contributed by atoms with E-state index in [1.165, 1.54) is 11.8 Å². The minimum absolute atomic E-state index is 0.129. The lowest BCUT2D eigenvalue weighted by atomic mass is 10.2. The number of para-hydroxylation sites is 1. The number of nitrogens with zero attached hydrogens (tertiary/aromatic N) is 3. The monoisotopic (exact) mass is 388 g/mol. The van der Waals surface area contributed by atoms with Crippen LogP contribution in [0.5, 0.6) is 0 Å². The van der Waals surface area contributed by atoms with Crippen molar-refractivity contribution in [2.75, 3.05) is 19.0 Å². The molecule has 0 atom stereocenters. The van der Waals surface area contributed by atoms with Crippen molar-refractivity contribution in [1.29, 1.82) is 0 Å². The molecule has 5 nitrogen and oxygen atoms in total. The summed E-state index contributed by atoms with van der Waals surface area (Å²) in [6.07, 6.45) is 3.89. The highest BCUT2D eigenvalue weighted by atomic mass is 32.2. The molecule has 6 heteroatoms. The van der Waals surface area contributed by atoms with Crippen LogP contribution < -0.4 is 10.2 Å². The molecule has 0 aliphatic carbocycles. The molecule has 140 valence electrons. The maximum atomic E-state index is 12.4. The molecule has 1 aliphatic rings. The number of carbonyl (C=O) groups excluding carboxylic acids is 1.